The van der Waals surface area contributed by atoms with Gasteiger partial charge in [-0.25, -0.2) is 0 Å². The van der Waals surface area contributed by atoms with Crippen LogP contribution < -0.4 is 21.7 Å². The zero-order chi connectivity index (χ0) is 34.6. The molecule has 1 aliphatic rings. The van der Waals surface area contributed by atoms with Gasteiger partial charge >= 0.3 is 0 Å². The predicted octanol–water partition coefficient (Wildman–Crippen LogP) is 4.04. The van der Waals surface area contributed by atoms with Crippen LogP contribution in [0.25, 0.3) is 22.5 Å². The van der Waals surface area contributed by atoms with Gasteiger partial charge in [-0.2, -0.15) is 5.21 Å². The van der Waals surface area contributed by atoms with Crippen LogP contribution in [-0.4, -0.2) is 82.0 Å². The molecule has 1 saturated carbocycles. The van der Waals surface area contributed by atoms with Gasteiger partial charge in [0.1, 0.15) is 6.04 Å². The molecule has 3 aromatic carbocycles. The summed E-state index contributed by atoms with van der Waals surface area (Å²) >= 11 is 0. The highest BCUT2D eigenvalue weighted by atomic mass is 16.2. The molecule has 1 fully saturated rings. The van der Waals surface area contributed by atoms with Crippen LogP contribution in [0, 0.1) is 11.8 Å². The van der Waals surface area contributed by atoms with E-state index in [0.29, 0.717) is 42.5 Å². The van der Waals surface area contributed by atoms with E-state index < -0.39 is 6.04 Å². The summed E-state index contributed by atoms with van der Waals surface area (Å²) in [5, 5.41) is 23.0. The fourth-order valence-electron chi connectivity index (χ4n) is 6.23. The molecule has 3 amide bonds. The van der Waals surface area contributed by atoms with E-state index in [1.165, 1.54) is 0 Å². The molecule has 258 valence electrons. The van der Waals surface area contributed by atoms with Gasteiger partial charge in [-0.05, 0) is 110 Å². The molecule has 1 aromatic heterocycles. The number of nitrogens with two attached hydrogens (primary N) is 1. The van der Waals surface area contributed by atoms with Crippen molar-refractivity contribution in [3.8, 4) is 22.5 Å². The maximum atomic E-state index is 13.6. The molecule has 0 radical (unpaired) electrons. The smallest absolute Gasteiger partial charge is 0.251 e. The van der Waals surface area contributed by atoms with Crippen molar-refractivity contribution in [2.75, 3.05) is 38.0 Å². The predicted molar refractivity (Wildman–Crippen MR) is 190 cm³/mol. The van der Waals surface area contributed by atoms with Gasteiger partial charge in [0, 0.05) is 42.2 Å². The summed E-state index contributed by atoms with van der Waals surface area (Å²) in [7, 11) is 0. The number of aromatic amines is 1. The van der Waals surface area contributed by atoms with Crippen molar-refractivity contribution in [1.29, 1.82) is 0 Å². The van der Waals surface area contributed by atoms with Gasteiger partial charge < -0.3 is 26.6 Å². The Kier molecular flexibility index (Phi) is 12.6. The molecule has 49 heavy (non-hydrogen) atoms. The first-order chi connectivity index (χ1) is 23.9. The maximum Gasteiger partial charge on any atom is 0.251 e. The highest BCUT2D eigenvalue weighted by Gasteiger charge is 2.29. The number of nitrogens with zero attached hydrogens (tertiary/aromatic N) is 4. The van der Waals surface area contributed by atoms with Gasteiger partial charge in [0.25, 0.3) is 5.91 Å². The molecule has 5 rings (SSSR count). The van der Waals surface area contributed by atoms with Gasteiger partial charge in [-0.1, -0.05) is 50.2 Å². The molecule has 0 saturated heterocycles. The Morgan fingerprint density at radius 2 is 1.51 bits per heavy atom. The molecule has 4 aromatic rings. The number of hydrogen-bond acceptors (Lipinski definition) is 8. The number of H-pyrrole nitrogens is 1. The summed E-state index contributed by atoms with van der Waals surface area (Å²) in [5.41, 5.74) is 10.7. The van der Waals surface area contributed by atoms with E-state index in [2.05, 4.69) is 55.3 Å². The molecule has 12 nitrogen and oxygen atoms in total. The van der Waals surface area contributed by atoms with E-state index >= 15 is 0 Å². The molecule has 1 atom stereocenters. The summed E-state index contributed by atoms with van der Waals surface area (Å²) in [5.74, 6) is 0.285. The summed E-state index contributed by atoms with van der Waals surface area (Å²) in [6.45, 7) is 8.20. The Bertz CT molecular complexity index is 1630. The Labute approximate surface area is 287 Å². The average molecular weight is 666 g/mol. The first-order valence-electron chi connectivity index (χ1n) is 17.2. The number of likely N-dealkylation sites (N-methyl/N-ethyl adjacent to an activating group) is 1. The van der Waals surface area contributed by atoms with Crippen molar-refractivity contribution < 1.29 is 14.4 Å². The van der Waals surface area contributed by atoms with Gasteiger partial charge in [0.15, 0.2) is 0 Å². The molecule has 0 spiro atoms. The Balaban J connectivity index is 1.23. The van der Waals surface area contributed by atoms with Crippen LogP contribution in [-0.2, 0) is 16.0 Å². The van der Waals surface area contributed by atoms with E-state index in [1.807, 2.05) is 48.5 Å². The summed E-state index contributed by atoms with van der Waals surface area (Å²) < 4.78 is 0. The van der Waals surface area contributed by atoms with Crippen LogP contribution in [0.3, 0.4) is 0 Å². The Morgan fingerprint density at radius 1 is 0.878 bits per heavy atom. The second-order valence-corrected chi connectivity index (χ2v) is 12.6. The number of carbonyl (C=O) groups is 3. The zero-order valence-corrected chi connectivity index (χ0v) is 28.3. The molecule has 1 heterocycles. The number of rotatable bonds is 15. The first-order valence-corrected chi connectivity index (χ1v) is 17.2. The minimum absolute atomic E-state index is 0.0873. The Hall–Kier alpha value is -4.94. The number of amides is 3. The third-order valence-electron chi connectivity index (χ3n) is 9.42. The van der Waals surface area contributed by atoms with E-state index in [1.54, 1.807) is 24.3 Å². The molecule has 0 bridgehead atoms. The van der Waals surface area contributed by atoms with E-state index in [4.69, 9.17) is 5.73 Å². The Morgan fingerprint density at radius 3 is 2.10 bits per heavy atom. The van der Waals surface area contributed by atoms with Crippen LogP contribution in [0.4, 0.5) is 5.69 Å². The lowest BCUT2D eigenvalue weighted by molar-refractivity contribution is -0.130. The van der Waals surface area contributed by atoms with Gasteiger partial charge in [-0.3, -0.25) is 14.4 Å². The fraction of sp³-hybridized carbons (Fsp3) is 0.405. The van der Waals surface area contributed by atoms with Crippen molar-refractivity contribution in [2.24, 2.45) is 17.6 Å². The average Bonchev–Trinajstić information content (AvgIpc) is 3.69. The van der Waals surface area contributed by atoms with Gasteiger partial charge in [0.2, 0.25) is 17.6 Å². The number of nitrogens with one attached hydrogen (secondary N) is 4. The standard InChI is InChI=1S/C37H47N9O3/c1-3-46(4-2)22-21-39-35(47)30-15-13-28(14-16-30)27-9-5-25(6-10-27)23-33(41-36(48)31-11-7-26(24-38)8-12-31)37(49)40-32-19-17-29(18-20-32)34-42-44-45-43-34/h5-6,9-10,13-20,26,31,33H,3-4,7-8,11-12,21-24,38H2,1-2H3,(H,39,47)(H,40,49)(H,41,48)(H,42,43,44,45)/t26?,31?,33-/m0/s1. The van der Waals surface area contributed by atoms with Crippen LogP contribution in [0.5, 0.6) is 0 Å². The van der Waals surface area contributed by atoms with Crippen LogP contribution >= 0.6 is 0 Å². The lowest BCUT2D eigenvalue weighted by Gasteiger charge is -2.28. The number of tetrazole rings is 1. The summed E-state index contributed by atoms with van der Waals surface area (Å²) in [6.07, 6.45) is 3.70. The first kappa shape index (κ1) is 35.4. The molecular formula is C37H47N9O3. The lowest BCUT2D eigenvalue weighted by atomic mass is 9.81. The number of anilines is 1. The topological polar surface area (TPSA) is 171 Å². The fourth-order valence-corrected chi connectivity index (χ4v) is 6.23. The lowest BCUT2D eigenvalue weighted by Crippen LogP contribution is -2.48. The summed E-state index contributed by atoms with van der Waals surface area (Å²) in [4.78, 5) is 41.9. The third kappa shape index (κ3) is 9.80. The largest absolute Gasteiger partial charge is 0.351 e. The van der Waals surface area contributed by atoms with Crippen LogP contribution in [0.2, 0.25) is 0 Å². The van der Waals surface area contributed by atoms with Crippen molar-refractivity contribution in [3.63, 3.8) is 0 Å². The molecule has 0 unspecified atom stereocenters. The van der Waals surface area contributed by atoms with Crippen LogP contribution in [0.15, 0.2) is 72.8 Å². The van der Waals surface area contributed by atoms with Gasteiger partial charge in [-0.15, -0.1) is 10.2 Å². The second kappa shape index (κ2) is 17.5. The quantitative estimate of drug-likeness (QED) is 0.127. The number of aromatic nitrogens is 4. The van der Waals surface area contributed by atoms with Crippen molar-refractivity contribution >= 4 is 23.4 Å². The molecule has 12 heteroatoms. The minimum atomic E-state index is -0.776. The van der Waals surface area contributed by atoms with E-state index in [9.17, 15) is 14.4 Å². The SMILES string of the molecule is CCN(CC)CCNC(=O)c1ccc(-c2ccc(C[C@H](NC(=O)C3CCC(CN)CC3)C(=O)Nc3ccc(-c4nn[nH]n4)cc3)cc2)cc1. The molecule has 6 N–H and O–H groups in total. The number of carbonyl (C=O) groups excluding carboxylic acids is 3. The van der Waals surface area contributed by atoms with Crippen molar-refractivity contribution in [1.82, 2.24) is 36.2 Å². The molecule has 0 aliphatic heterocycles. The molecule has 1 aliphatic carbocycles. The van der Waals surface area contributed by atoms with Gasteiger partial charge in [0.05, 0.1) is 0 Å². The minimum Gasteiger partial charge on any atom is -0.351 e. The number of hydrogen-bond donors (Lipinski definition) is 5. The molecular weight excluding hydrogens is 618 g/mol. The van der Waals surface area contributed by atoms with Crippen molar-refractivity contribution in [3.05, 3.63) is 83.9 Å². The monoisotopic (exact) mass is 665 g/mol. The zero-order valence-electron chi connectivity index (χ0n) is 28.3. The van der Waals surface area contributed by atoms with Crippen LogP contribution in [0.1, 0.15) is 55.5 Å². The highest BCUT2D eigenvalue weighted by Crippen LogP contribution is 2.28. The second-order valence-electron chi connectivity index (χ2n) is 12.6. The highest BCUT2D eigenvalue weighted by molar-refractivity contribution is 5.98. The summed E-state index contributed by atoms with van der Waals surface area (Å²) in [6, 6.07) is 21.9. The van der Waals surface area contributed by atoms with E-state index in [-0.39, 0.29) is 23.6 Å². The number of benzene rings is 3. The normalized spacial score (nSPS) is 16.6. The van der Waals surface area contributed by atoms with E-state index in [0.717, 1.165) is 67.6 Å². The third-order valence-corrected chi connectivity index (χ3v) is 9.42. The maximum absolute atomic E-state index is 13.6. The van der Waals surface area contributed by atoms with Crippen molar-refractivity contribution in [2.45, 2.75) is 52.0 Å².